The van der Waals surface area contributed by atoms with Crippen LogP contribution in [0.5, 0.6) is 0 Å². The zero-order valence-corrected chi connectivity index (χ0v) is 16.3. The van der Waals surface area contributed by atoms with E-state index in [0.29, 0.717) is 12.1 Å². The number of aliphatic hydroxyl groups is 2. The van der Waals surface area contributed by atoms with Crippen molar-refractivity contribution in [2.45, 2.75) is 29.9 Å². The largest absolute Gasteiger partial charge is 0.388 e. The van der Waals surface area contributed by atoms with Crippen LogP contribution in [-0.4, -0.2) is 49.4 Å². The Morgan fingerprint density at radius 1 is 0.963 bits per heavy atom. The van der Waals surface area contributed by atoms with Crippen LogP contribution in [0.1, 0.15) is 36.2 Å². The van der Waals surface area contributed by atoms with E-state index in [9.17, 15) is 18.6 Å². The van der Waals surface area contributed by atoms with Crippen molar-refractivity contribution in [2.75, 3.05) is 25.9 Å². The Hall–Kier alpha value is -1.73. The number of rotatable bonds is 6. The third kappa shape index (κ3) is 5.17. The quantitative estimate of drug-likeness (QED) is 0.794. The van der Waals surface area contributed by atoms with Crippen molar-refractivity contribution in [3.63, 3.8) is 0 Å². The standard InChI is InChI=1S/C21H27NO4S/c1-27(25,26)19-9-7-16(8-10-19)20(23)15-22-13-11-18(12-14-22)21(24)17-5-3-2-4-6-17/h2-10,18,20-21,23-24H,11-15H2,1H3. The lowest BCUT2D eigenvalue weighted by molar-refractivity contribution is 0.0398. The van der Waals surface area contributed by atoms with Gasteiger partial charge >= 0.3 is 0 Å². The van der Waals surface area contributed by atoms with E-state index in [1.807, 2.05) is 30.3 Å². The number of aliphatic hydroxyl groups excluding tert-OH is 2. The molecule has 0 amide bonds. The number of hydrogen-bond acceptors (Lipinski definition) is 5. The van der Waals surface area contributed by atoms with E-state index in [1.54, 1.807) is 12.1 Å². The average Bonchev–Trinajstić information content (AvgIpc) is 2.68. The van der Waals surface area contributed by atoms with Crippen LogP contribution in [0, 0.1) is 5.92 Å². The van der Waals surface area contributed by atoms with E-state index in [1.165, 1.54) is 18.4 Å². The minimum atomic E-state index is -3.23. The van der Waals surface area contributed by atoms with E-state index in [2.05, 4.69) is 4.90 Å². The van der Waals surface area contributed by atoms with E-state index in [-0.39, 0.29) is 10.8 Å². The van der Waals surface area contributed by atoms with Crippen molar-refractivity contribution in [1.82, 2.24) is 4.90 Å². The predicted molar refractivity (Wildman–Crippen MR) is 105 cm³/mol. The normalized spacial score (nSPS) is 18.9. The summed E-state index contributed by atoms with van der Waals surface area (Å²) >= 11 is 0. The number of benzene rings is 2. The molecular weight excluding hydrogens is 362 g/mol. The summed E-state index contributed by atoms with van der Waals surface area (Å²) in [7, 11) is -3.23. The number of nitrogens with zero attached hydrogens (tertiary/aromatic N) is 1. The fourth-order valence-corrected chi connectivity index (χ4v) is 4.29. The van der Waals surface area contributed by atoms with Crippen LogP contribution in [-0.2, 0) is 9.84 Å². The van der Waals surface area contributed by atoms with Crippen LogP contribution in [0.3, 0.4) is 0 Å². The molecule has 1 fully saturated rings. The zero-order chi connectivity index (χ0) is 19.4. The van der Waals surface area contributed by atoms with Crippen molar-refractivity contribution in [3.8, 4) is 0 Å². The molecule has 0 aromatic heterocycles. The molecule has 0 radical (unpaired) electrons. The molecule has 5 nitrogen and oxygen atoms in total. The van der Waals surface area contributed by atoms with Crippen molar-refractivity contribution in [2.24, 2.45) is 5.92 Å². The molecule has 0 aliphatic carbocycles. The number of sulfone groups is 1. The second-order valence-corrected chi connectivity index (χ2v) is 9.37. The number of likely N-dealkylation sites (tertiary alicyclic amines) is 1. The summed E-state index contributed by atoms with van der Waals surface area (Å²) in [6, 6.07) is 16.2. The second-order valence-electron chi connectivity index (χ2n) is 7.35. The maximum Gasteiger partial charge on any atom is 0.175 e. The zero-order valence-electron chi connectivity index (χ0n) is 15.5. The van der Waals surface area contributed by atoms with Gasteiger partial charge in [0.1, 0.15) is 0 Å². The molecule has 0 saturated carbocycles. The number of β-amino-alcohol motifs (C(OH)–C–C–N with tert-alkyl or cyclic N) is 1. The SMILES string of the molecule is CS(=O)(=O)c1ccc(C(O)CN2CCC(C(O)c3ccccc3)CC2)cc1. The van der Waals surface area contributed by atoms with Crippen molar-refractivity contribution >= 4 is 9.84 Å². The van der Waals surface area contributed by atoms with Crippen molar-refractivity contribution < 1.29 is 18.6 Å². The van der Waals surface area contributed by atoms with Crippen molar-refractivity contribution in [1.29, 1.82) is 0 Å². The lowest BCUT2D eigenvalue weighted by Crippen LogP contribution is -2.38. The molecule has 1 aliphatic rings. The molecule has 1 aliphatic heterocycles. The summed E-state index contributed by atoms with van der Waals surface area (Å²) in [5.74, 6) is 0.231. The molecule has 2 N–H and O–H groups in total. The van der Waals surface area contributed by atoms with Crippen LogP contribution in [0.15, 0.2) is 59.5 Å². The average molecular weight is 390 g/mol. The van der Waals surface area contributed by atoms with Gasteiger partial charge < -0.3 is 15.1 Å². The predicted octanol–water partition coefficient (Wildman–Crippen LogP) is 2.57. The summed E-state index contributed by atoms with van der Waals surface area (Å²) in [4.78, 5) is 2.46. The third-order valence-electron chi connectivity index (χ3n) is 5.34. The molecule has 2 aromatic rings. The van der Waals surface area contributed by atoms with E-state index in [0.717, 1.165) is 31.5 Å². The topological polar surface area (TPSA) is 77.8 Å². The van der Waals surface area contributed by atoms with Crippen LogP contribution in [0.2, 0.25) is 0 Å². The summed E-state index contributed by atoms with van der Waals surface area (Å²) < 4.78 is 23.1. The Morgan fingerprint density at radius 2 is 1.56 bits per heavy atom. The van der Waals surface area contributed by atoms with E-state index in [4.69, 9.17) is 0 Å². The van der Waals surface area contributed by atoms with E-state index < -0.39 is 22.0 Å². The van der Waals surface area contributed by atoms with Crippen LogP contribution >= 0.6 is 0 Å². The minimum Gasteiger partial charge on any atom is -0.388 e. The first-order chi connectivity index (χ1) is 12.8. The molecule has 3 rings (SSSR count). The Balaban J connectivity index is 1.53. The first-order valence-electron chi connectivity index (χ1n) is 9.28. The van der Waals surface area contributed by atoms with Gasteiger partial charge in [0.05, 0.1) is 17.1 Å². The molecule has 2 unspecified atom stereocenters. The monoisotopic (exact) mass is 389 g/mol. The molecule has 146 valence electrons. The Morgan fingerprint density at radius 3 is 2.11 bits per heavy atom. The fraction of sp³-hybridized carbons (Fsp3) is 0.429. The Bertz CT molecular complexity index is 828. The highest BCUT2D eigenvalue weighted by Gasteiger charge is 2.27. The first kappa shape index (κ1) is 20.0. The van der Waals surface area contributed by atoms with Crippen LogP contribution in [0.4, 0.5) is 0 Å². The number of hydrogen-bond donors (Lipinski definition) is 2. The maximum absolute atomic E-state index is 11.5. The van der Waals surface area contributed by atoms with Gasteiger partial charge in [0.2, 0.25) is 0 Å². The van der Waals surface area contributed by atoms with Gasteiger partial charge in [-0.25, -0.2) is 8.42 Å². The van der Waals surface area contributed by atoms with Crippen LogP contribution < -0.4 is 0 Å². The Kier molecular flexibility index (Phi) is 6.32. The molecular formula is C21H27NO4S. The van der Waals surface area contributed by atoms with Gasteiger partial charge in [-0.1, -0.05) is 42.5 Å². The summed E-state index contributed by atoms with van der Waals surface area (Å²) in [6.45, 7) is 2.16. The van der Waals surface area contributed by atoms with Gasteiger partial charge in [-0.05, 0) is 55.1 Å². The van der Waals surface area contributed by atoms with Gasteiger partial charge in [-0.2, -0.15) is 0 Å². The first-order valence-corrected chi connectivity index (χ1v) is 11.2. The summed E-state index contributed by atoms with van der Waals surface area (Å²) in [5, 5.41) is 21.0. The lowest BCUT2D eigenvalue weighted by atomic mass is 9.87. The molecule has 1 saturated heterocycles. The summed E-state index contributed by atoms with van der Waals surface area (Å²) in [5.41, 5.74) is 1.68. The molecule has 1 heterocycles. The third-order valence-corrected chi connectivity index (χ3v) is 6.47. The maximum atomic E-state index is 11.5. The van der Waals surface area contributed by atoms with Gasteiger partial charge in [0.15, 0.2) is 9.84 Å². The van der Waals surface area contributed by atoms with Crippen LogP contribution in [0.25, 0.3) is 0 Å². The molecule has 27 heavy (non-hydrogen) atoms. The smallest absolute Gasteiger partial charge is 0.175 e. The second kappa shape index (κ2) is 8.52. The summed E-state index contributed by atoms with van der Waals surface area (Å²) in [6.07, 6.45) is 1.84. The van der Waals surface area contributed by atoms with Gasteiger partial charge in [-0.3, -0.25) is 0 Å². The highest BCUT2D eigenvalue weighted by atomic mass is 32.2. The highest BCUT2D eigenvalue weighted by molar-refractivity contribution is 7.90. The minimum absolute atomic E-state index is 0.231. The van der Waals surface area contributed by atoms with Gasteiger partial charge in [0, 0.05) is 12.8 Å². The van der Waals surface area contributed by atoms with Crippen molar-refractivity contribution in [3.05, 3.63) is 65.7 Å². The lowest BCUT2D eigenvalue weighted by Gasteiger charge is -2.35. The molecule has 0 bridgehead atoms. The van der Waals surface area contributed by atoms with E-state index >= 15 is 0 Å². The Labute approximate surface area is 161 Å². The molecule has 6 heteroatoms. The molecule has 2 atom stereocenters. The van der Waals surface area contributed by atoms with Gasteiger partial charge in [-0.15, -0.1) is 0 Å². The highest BCUT2D eigenvalue weighted by Crippen LogP contribution is 2.31. The molecule has 0 spiro atoms. The fourth-order valence-electron chi connectivity index (χ4n) is 3.66. The number of piperidine rings is 1. The molecule has 2 aromatic carbocycles. The van der Waals surface area contributed by atoms with Gasteiger partial charge in [0.25, 0.3) is 0 Å².